The van der Waals surface area contributed by atoms with Crippen LogP contribution in [0, 0.1) is 12.3 Å². The first-order valence-corrected chi connectivity index (χ1v) is 6.71. The van der Waals surface area contributed by atoms with Crippen LogP contribution in [0.3, 0.4) is 0 Å². The smallest absolute Gasteiger partial charge is 0.413 e. The second-order valence-electron chi connectivity index (χ2n) is 4.75. The van der Waals surface area contributed by atoms with Crippen LogP contribution in [0.1, 0.15) is 30.5 Å². The maximum absolute atomic E-state index is 12.1. The van der Waals surface area contributed by atoms with E-state index < -0.39 is 18.9 Å². The SMILES string of the molecule is C#CCN(C(=O)OCOC(C)=O)[C@@H]1CCc2ccccc21. The third-order valence-electron chi connectivity index (χ3n) is 3.42. The van der Waals surface area contributed by atoms with Crippen molar-refractivity contribution in [3.05, 3.63) is 35.4 Å². The number of aryl methyl sites for hydroxylation is 1. The van der Waals surface area contributed by atoms with Gasteiger partial charge in [-0.25, -0.2) is 4.79 Å². The van der Waals surface area contributed by atoms with Crippen molar-refractivity contribution in [2.24, 2.45) is 0 Å². The summed E-state index contributed by atoms with van der Waals surface area (Å²) in [5.41, 5.74) is 2.31. The van der Waals surface area contributed by atoms with Gasteiger partial charge in [-0.2, -0.15) is 0 Å². The summed E-state index contributed by atoms with van der Waals surface area (Å²) in [6.45, 7) is 1.00. The topological polar surface area (TPSA) is 55.8 Å². The molecule has 1 aromatic rings. The second-order valence-corrected chi connectivity index (χ2v) is 4.75. The highest BCUT2D eigenvalue weighted by atomic mass is 16.7. The maximum atomic E-state index is 12.1. The van der Waals surface area contributed by atoms with Gasteiger partial charge in [-0.05, 0) is 24.0 Å². The number of benzene rings is 1. The average molecular weight is 287 g/mol. The molecule has 21 heavy (non-hydrogen) atoms. The standard InChI is InChI=1S/C16H17NO4/c1-3-10-17(16(19)21-11-20-12(2)18)15-9-8-13-6-4-5-7-14(13)15/h1,4-7,15H,8-11H2,2H3/t15-/m1/s1. The normalized spacial score (nSPS) is 15.7. The van der Waals surface area contributed by atoms with Gasteiger partial charge in [-0.15, -0.1) is 6.42 Å². The Morgan fingerprint density at radius 2 is 2.14 bits per heavy atom. The molecule has 0 radical (unpaired) electrons. The van der Waals surface area contributed by atoms with Gasteiger partial charge < -0.3 is 9.47 Å². The largest absolute Gasteiger partial charge is 0.428 e. The number of carbonyl (C=O) groups is 2. The summed E-state index contributed by atoms with van der Waals surface area (Å²) in [6.07, 6.45) is 6.48. The Hall–Kier alpha value is -2.48. The summed E-state index contributed by atoms with van der Waals surface area (Å²) in [7, 11) is 0. The zero-order valence-corrected chi connectivity index (χ0v) is 11.9. The average Bonchev–Trinajstić information content (AvgIpc) is 2.88. The monoisotopic (exact) mass is 287 g/mol. The lowest BCUT2D eigenvalue weighted by Crippen LogP contribution is -2.35. The molecule has 0 heterocycles. The number of carbonyl (C=O) groups excluding carboxylic acids is 2. The van der Waals surface area contributed by atoms with Crippen LogP contribution in [0.15, 0.2) is 24.3 Å². The highest BCUT2D eigenvalue weighted by Crippen LogP contribution is 2.35. The predicted molar refractivity (Wildman–Crippen MR) is 76.2 cm³/mol. The second kappa shape index (κ2) is 6.80. The summed E-state index contributed by atoms with van der Waals surface area (Å²) >= 11 is 0. The van der Waals surface area contributed by atoms with Crippen LogP contribution in [0.25, 0.3) is 0 Å². The van der Waals surface area contributed by atoms with Gasteiger partial charge in [0, 0.05) is 6.92 Å². The number of rotatable bonds is 4. The van der Waals surface area contributed by atoms with E-state index in [1.54, 1.807) is 0 Å². The van der Waals surface area contributed by atoms with E-state index in [9.17, 15) is 9.59 Å². The van der Waals surface area contributed by atoms with Crippen molar-refractivity contribution < 1.29 is 19.1 Å². The Morgan fingerprint density at radius 3 is 2.86 bits per heavy atom. The van der Waals surface area contributed by atoms with E-state index in [0.29, 0.717) is 0 Å². The summed E-state index contributed by atoms with van der Waals surface area (Å²) in [6, 6.07) is 7.87. The van der Waals surface area contributed by atoms with Crippen molar-refractivity contribution >= 4 is 12.1 Å². The molecule has 110 valence electrons. The fourth-order valence-electron chi connectivity index (χ4n) is 2.50. The zero-order chi connectivity index (χ0) is 15.2. The van der Waals surface area contributed by atoms with Gasteiger partial charge in [0.1, 0.15) is 0 Å². The van der Waals surface area contributed by atoms with Crippen LogP contribution in [-0.2, 0) is 20.7 Å². The number of fused-ring (bicyclic) bond motifs is 1. The number of nitrogens with zero attached hydrogens (tertiary/aromatic N) is 1. The number of amides is 1. The molecule has 1 aliphatic rings. The molecule has 1 amide bonds. The van der Waals surface area contributed by atoms with E-state index in [1.807, 2.05) is 24.3 Å². The van der Waals surface area contributed by atoms with E-state index in [1.165, 1.54) is 17.4 Å². The van der Waals surface area contributed by atoms with Crippen LogP contribution >= 0.6 is 0 Å². The van der Waals surface area contributed by atoms with E-state index in [4.69, 9.17) is 11.2 Å². The summed E-state index contributed by atoms with van der Waals surface area (Å²) in [5.74, 6) is 1.97. The van der Waals surface area contributed by atoms with Crippen molar-refractivity contribution in [2.75, 3.05) is 13.3 Å². The molecule has 0 aromatic heterocycles. The molecule has 0 saturated carbocycles. The van der Waals surface area contributed by atoms with E-state index in [2.05, 4.69) is 10.7 Å². The van der Waals surface area contributed by atoms with Crippen molar-refractivity contribution in [3.8, 4) is 12.3 Å². The first-order valence-electron chi connectivity index (χ1n) is 6.71. The minimum Gasteiger partial charge on any atom is -0.428 e. The maximum Gasteiger partial charge on any atom is 0.413 e. The third-order valence-corrected chi connectivity index (χ3v) is 3.42. The molecule has 1 aliphatic carbocycles. The van der Waals surface area contributed by atoms with Gasteiger partial charge in [0.05, 0.1) is 12.6 Å². The lowest BCUT2D eigenvalue weighted by atomic mass is 10.1. The summed E-state index contributed by atoms with van der Waals surface area (Å²) in [5, 5.41) is 0. The van der Waals surface area contributed by atoms with Gasteiger partial charge >= 0.3 is 12.1 Å². The van der Waals surface area contributed by atoms with Gasteiger partial charge in [0.25, 0.3) is 0 Å². The molecule has 5 nitrogen and oxygen atoms in total. The molecule has 0 saturated heterocycles. The van der Waals surface area contributed by atoms with Crippen molar-refractivity contribution in [1.82, 2.24) is 4.90 Å². The van der Waals surface area contributed by atoms with Gasteiger partial charge in [-0.3, -0.25) is 9.69 Å². The van der Waals surface area contributed by atoms with Crippen LogP contribution in [0.2, 0.25) is 0 Å². The highest BCUT2D eigenvalue weighted by Gasteiger charge is 2.31. The van der Waals surface area contributed by atoms with Crippen LogP contribution in [0.5, 0.6) is 0 Å². The lowest BCUT2D eigenvalue weighted by molar-refractivity contribution is -0.149. The number of terminal acetylenes is 1. The van der Waals surface area contributed by atoms with Gasteiger partial charge in [-0.1, -0.05) is 30.2 Å². The predicted octanol–water partition coefficient (Wildman–Crippen LogP) is 2.27. The molecule has 0 spiro atoms. The van der Waals surface area contributed by atoms with Crippen LogP contribution < -0.4 is 0 Å². The minimum absolute atomic E-state index is 0.0953. The van der Waals surface area contributed by atoms with Gasteiger partial charge in [0.2, 0.25) is 6.79 Å². The molecule has 5 heteroatoms. The molecule has 1 aromatic carbocycles. The van der Waals surface area contributed by atoms with Crippen LogP contribution in [-0.4, -0.2) is 30.3 Å². The summed E-state index contributed by atoms with van der Waals surface area (Å²) in [4.78, 5) is 24.3. The number of ether oxygens (including phenoxy) is 2. The Balaban J connectivity index is 2.08. The first kappa shape index (κ1) is 14.9. The Labute approximate surface area is 123 Å². The molecular weight excluding hydrogens is 270 g/mol. The van der Waals surface area contributed by atoms with E-state index >= 15 is 0 Å². The van der Waals surface area contributed by atoms with Crippen molar-refractivity contribution in [1.29, 1.82) is 0 Å². The highest BCUT2D eigenvalue weighted by molar-refractivity contribution is 5.70. The Bertz CT molecular complexity index is 576. The van der Waals surface area contributed by atoms with Crippen molar-refractivity contribution in [2.45, 2.75) is 25.8 Å². The number of esters is 1. The lowest BCUT2D eigenvalue weighted by Gasteiger charge is -2.27. The fourth-order valence-corrected chi connectivity index (χ4v) is 2.50. The molecule has 0 fully saturated rings. The number of hydrogen-bond donors (Lipinski definition) is 0. The molecule has 0 N–H and O–H groups in total. The molecule has 1 atom stereocenters. The fraction of sp³-hybridized carbons (Fsp3) is 0.375. The minimum atomic E-state index is -0.573. The molecule has 2 rings (SSSR count). The first-order chi connectivity index (χ1) is 10.1. The Kier molecular flexibility index (Phi) is 4.83. The van der Waals surface area contributed by atoms with E-state index in [-0.39, 0.29) is 12.6 Å². The molecule has 0 unspecified atom stereocenters. The quantitative estimate of drug-likeness (QED) is 0.484. The molecule has 0 aliphatic heterocycles. The van der Waals surface area contributed by atoms with Crippen molar-refractivity contribution in [3.63, 3.8) is 0 Å². The van der Waals surface area contributed by atoms with Gasteiger partial charge in [0.15, 0.2) is 0 Å². The third kappa shape index (κ3) is 3.54. The molecule has 0 bridgehead atoms. The summed E-state index contributed by atoms with van der Waals surface area (Å²) < 4.78 is 9.56. The van der Waals surface area contributed by atoms with Crippen LogP contribution in [0.4, 0.5) is 4.79 Å². The molecular formula is C16H17NO4. The Morgan fingerprint density at radius 1 is 1.38 bits per heavy atom. The zero-order valence-electron chi connectivity index (χ0n) is 11.9. The number of hydrogen-bond acceptors (Lipinski definition) is 4. The van der Waals surface area contributed by atoms with E-state index in [0.717, 1.165) is 18.4 Å².